The number of rotatable bonds is 11. The minimum Gasteiger partial charge on any atom is -0.467 e. The van der Waals surface area contributed by atoms with E-state index >= 15 is 0 Å². The van der Waals surface area contributed by atoms with E-state index in [9.17, 15) is 14.4 Å². The molecular weight excluding hydrogens is 536 g/mol. The highest BCUT2D eigenvalue weighted by Gasteiger charge is 2.59. The second-order valence-corrected chi connectivity index (χ2v) is 15.1. The number of methoxy groups -OCH3 is 3. The van der Waals surface area contributed by atoms with Crippen LogP contribution in [-0.4, -0.2) is 90.8 Å². The molecule has 11 nitrogen and oxygen atoms in total. The quantitative estimate of drug-likeness (QED) is 0.0917. The van der Waals surface area contributed by atoms with Gasteiger partial charge in [-0.1, -0.05) is 40.3 Å². The highest BCUT2D eigenvalue weighted by Crippen LogP contribution is 2.45. The van der Waals surface area contributed by atoms with Gasteiger partial charge in [0.25, 0.3) is 0 Å². The van der Waals surface area contributed by atoms with Gasteiger partial charge in [-0.3, -0.25) is 9.80 Å². The molecule has 0 radical (unpaired) electrons. The summed E-state index contributed by atoms with van der Waals surface area (Å²) in [5, 5.41) is 0. The Bertz CT molecular complexity index is 1090. The van der Waals surface area contributed by atoms with Crippen molar-refractivity contribution in [3.63, 3.8) is 0 Å². The van der Waals surface area contributed by atoms with E-state index in [1.807, 2.05) is 0 Å². The third-order valence-corrected chi connectivity index (χ3v) is 13.2. The number of carbonyl (C=O) groups is 3. The largest absolute Gasteiger partial charge is 0.467 e. The molecule has 1 fully saturated rings. The Hall–Kier alpha value is -3.09. The zero-order valence-electron chi connectivity index (χ0n) is 24.6. The van der Waals surface area contributed by atoms with Crippen LogP contribution in [0.3, 0.4) is 0 Å². The van der Waals surface area contributed by atoms with Crippen LogP contribution in [-0.2, 0) is 29.8 Å². The van der Waals surface area contributed by atoms with Crippen molar-refractivity contribution in [3.8, 4) is 5.75 Å². The highest BCUT2D eigenvalue weighted by molar-refractivity contribution is 6.75. The second-order valence-electron chi connectivity index (χ2n) is 10.2. The maximum Gasteiger partial charge on any atom is 0.414 e. The molecule has 1 aromatic carbocycles. The van der Waals surface area contributed by atoms with E-state index in [4.69, 9.17) is 28.1 Å². The van der Waals surface area contributed by atoms with Crippen molar-refractivity contribution in [1.82, 2.24) is 4.90 Å². The van der Waals surface area contributed by atoms with E-state index in [2.05, 4.69) is 34.3 Å². The van der Waals surface area contributed by atoms with Crippen LogP contribution in [0.4, 0.5) is 15.3 Å². The van der Waals surface area contributed by atoms with E-state index < -0.39 is 32.6 Å². The molecule has 0 aromatic heterocycles. The Labute approximate surface area is 237 Å². The lowest BCUT2D eigenvalue weighted by Gasteiger charge is -2.38. The van der Waals surface area contributed by atoms with Crippen LogP contribution in [0.15, 0.2) is 24.8 Å². The summed E-state index contributed by atoms with van der Waals surface area (Å²) >= 11 is 0. The van der Waals surface area contributed by atoms with Crippen LogP contribution in [0.5, 0.6) is 5.75 Å². The minimum atomic E-state index is -2.23. The van der Waals surface area contributed by atoms with Crippen LogP contribution in [0.2, 0.25) is 17.6 Å². The summed E-state index contributed by atoms with van der Waals surface area (Å²) in [6.45, 7) is 12.3. The van der Waals surface area contributed by atoms with Gasteiger partial charge in [0.1, 0.15) is 12.4 Å². The third-order valence-electron chi connectivity index (χ3n) is 7.93. The van der Waals surface area contributed by atoms with Crippen LogP contribution in [0.25, 0.3) is 0 Å². The van der Waals surface area contributed by atoms with Crippen LogP contribution in [0, 0.1) is 0 Å². The summed E-state index contributed by atoms with van der Waals surface area (Å²) in [5.41, 5.74) is 1.58. The van der Waals surface area contributed by atoms with Gasteiger partial charge < -0.3 is 28.1 Å². The van der Waals surface area contributed by atoms with Gasteiger partial charge in [-0.25, -0.2) is 14.4 Å². The molecule has 3 atom stereocenters. The number of ether oxygens (including phenoxy) is 5. The lowest BCUT2D eigenvalue weighted by atomic mass is 9.96. The predicted octanol–water partition coefficient (Wildman–Crippen LogP) is 4.74. The number of anilines is 1. The number of hydrogen-bond acceptors (Lipinski definition) is 9. The van der Waals surface area contributed by atoms with Gasteiger partial charge in [0.2, 0.25) is 0 Å². The van der Waals surface area contributed by atoms with Crippen molar-refractivity contribution in [2.24, 2.45) is 0 Å². The van der Waals surface area contributed by atoms with Gasteiger partial charge in [-0.05, 0) is 29.8 Å². The van der Waals surface area contributed by atoms with Crippen molar-refractivity contribution in [2.75, 3.05) is 46.2 Å². The Morgan fingerprint density at radius 1 is 1.10 bits per heavy atom. The first-order valence-electron chi connectivity index (χ1n) is 13.6. The zero-order chi connectivity index (χ0) is 29.6. The number of amides is 2. The molecule has 1 aromatic rings. The normalized spacial score (nSPS) is 20.1. The SMILES string of the molecule is C=CCOC(=O)N1C[C@H]2[C@@H](C(O[Si](CC)(CC)C(C)C)Cc3c(OCOC)cc(C(=O)OC)cc31)N2C(=O)OC. The topological polar surface area (TPSA) is 113 Å². The molecule has 0 N–H and O–H groups in total. The van der Waals surface area contributed by atoms with Crippen LogP contribution < -0.4 is 9.64 Å². The predicted molar refractivity (Wildman–Crippen MR) is 151 cm³/mol. The Kier molecular flexibility index (Phi) is 10.6. The molecule has 3 rings (SSSR count). The van der Waals surface area contributed by atoms with Gasteiger partial charge in [0.15, 0.2) is 15.1 Å². The molecule has 0 aliphatic carbocycles. The molecule has 12 heteroatoms. The van der Waals surface area contributed by atoms with Crippen molar-refractivity contribution < 1.29 is 42.5 Å². The van der Waals surface area contributed by atoms with Gasteiger partial charge in [-0.15, -0.1) is 0 Å². The number of hydrogen-bond donors (Lipinski definition) is 0. The molecule has 0 spiro atoms. The molecule has 2 heterocycles. The van der Waals surface area contributed by atoms with E-state index in [1.54, 1.807) is 17.0 Å². The summed E-state index contributed by atoms with van der Waals surface area (Å²) in [6.07, 6.45) is 0.249. The summed E-state index contributed by atoms with van der Waals surface area (Å²) in [5.74, 6) is -0.244. The van der Waals surface area contributed by atoms with Gasteiger partial charge >= 0.3 is 18.2 Å². The maximum absolute atomic E-state index is 13.4. The van der Waals surface area contributed by atoms with E-state index in [-0.39, 0.29) is 37.6 Å². The standard InChI is InChI=1S/C28H42N2O9Si/c1-9-12-37-27(32)29-16-22-25(30(22)28(33)36-8)24(39-40(10-2,11-3)18(4)5)15-20-21(29)13-19(26(31)35-7)14-23(20)38-17-34-6/h9,13-14,18,22,24-25H,1,10-12,15-17H2,2-8H3/t22-,24?,25-,30?/m0/s1. The molecule has 0 bridgehead atoms. The zero-order valence-corrected chi connectivity index (χ0v) is 25.6. The fourth-order valence-electron chi connectivity index (χ4n) is 5.62. The van der Waals surface area contributed by atoms with Gasteiger partial charge in [0.05, 0.1) is 50.2 Å². The first kappa shape index (κ1) is 31.4. The minimum absolute atomic E-state index is 0.00948. The molecule has 2 amide bonds. The van der Waals surface area contributed by atoms with E-state index in [0.717, 1.165) is 12.1 Å². The van der Waals surface area contributed by atoms with Crippen molar-refractivity contribution in [3.05, 3.63) is 35.9 Å². The summed E-state index contributed by atoms with van der Waals surface area (Å²) in [4.78, 5) is 41.9. The molecule has 40 heavy (non-hydrogen) atoms. The molecule has 2 aliphatic rings. The molecule has 1 saturated heterocycles. The lowest BCUT2D eigenvalue weighted by molar-refractivity contribution is 0.0491. The molecule has 1 unspecified atom stereocenters. The van der Waals surface area contributed by atoms with Crippen molar-refractivity contribution in [2.45, 2.75) is 69.9 Å². The Morgan fingerprint density at radius 2 is 1.80 bits per heavy atom. The van der Waals surface area contributed by atoms with E-state index in [1.165, 1.54) is 32.3 Å². The molecule has 222 valence electrons. The number of carbonyl (C=O) groups excluding carboxylic acids is 3. The fraction of sp³-hybridized carbons (Fsp3) is 0.607. The van der Waals surface area contributed by atoms with Crippen LogP contribution in [0.1, 0.15) is 43.6 Å². The van der Waals surface area contributed by atoms with Crippen LogP contribution >= 0.6 is 0 Å². The fourth-order valence-corrected chi connectivity index (χ4v) is 9.18. The van der Waals surface area contributed by atoms with Crippen molar-refractivity contribution >= 4 is 32.2 Å². The van der Waals surface area contributed by atoms with Gasteiger partial charge in [0, 0.05) is 19.1 Å². The number of benzene rings is 1. The number of nitrogens with zero attached hydrogens (tertiary/aromatic N) is 2. The first-order valence-corrected chi connectivity index (χ1v) is 16.0. The summed E-state index contributed by atoms with van der Waals surface area (Å²) in [6, 6.07) is 4.29. The molecule has 0 saturated carbocycles. The second kappa shape index (κ2) is 13.5. The van der Waals surface area contributed by atoms with E-state index in [0.29, 0.717) is 29.0 Å². The average molecular weight is 579 g/mol. The summed E-state index contributed by atoms with van der Waals surface area (Å²) < 4.78 is 33.7. The summed E-state index contributed by atoms with van der Waals surface area (Å²) in [7, 11) is 1.88. The van der Waals surface area contributed by atoms with Gasteiger partial charge in [-0.2, -0.15) is 0 Å². The first-order chi connectivity index (χ1) is 19.1. The highest BCUT2D eigenvalue weighted by atomic mass is 28.4. The maximum atomic E-state index is 13.4. The Morgan fingerprint density at radius 3 is 2.35 bits per heavy atom. The smallest absolute Gasteiger partial charge is 0.414 e. The molecular formula is C28H42N2O9Si. The third kappa shape index (κ3) is 6.29. The Balaban J connectivity index is 2.23. The molecule has 2 aliphatic heterocycles. The average Bonchev–Trinajstić information content (AvgIpc) is 3.66. The number of fused-ring (bicyclic) bond motifs is 2. The number of esters is 1. The monoisotopic (exact) mass is 578 g/mol. The van der Waals surface area contributed by atoms with Crippen molar-refractivity contribution in [1.29, 1.82) is 0 Å². The lowest BCUT2D eigenvalue weighted by Crippen LogP contribution is -2.47.